The third-order valence-electron chi connectivity index (χ3n) is 7.76. The fraction of sp³-hybridized carbons (Fsp3) is 0.343. The van der Waals surface area contributed by atoms with Crippen LogP contribution in [0.25, 0.3) is 22.0 Å². The zero-order valence-electron chi connectivity index (χ0n) is 25.1. The van der Waals surface area contributed by atoms with Crippen molar-refractivity contribution in [3.8, 4) is 22.6 Å². The summed E-state index contributed by atoms with van der Waals surface area (Å²) in [5.74, 6) is 1.26. The summed E-state index contributed by atoms with van der Waals surface area (Å²) in [6.07, 6.45) is 10.5. The van der Waals surface area contributed by atoms with Crippen molar-refractivity contribution >= 4 is 28.2 Å². The van der Waals surface area contributed by atoms with Crippen molar-refractivity contribution in [3.05, 3.63) is 84.7 Å². The van der Waals surface area contributed by atoms with Gasteiger partial charge in [-0.1, -0.05) is 45.3 Å². The van der Waals surface area contributed by atoms with Crippen LogP contribution in [0.15, 0.2) is 67.5 Å². The van der Waals surface area contributed by atoms with E-state index in [9.17, 15) is 13.6 Å². The average molecular weight is 588 g/mol. The minimum atomic E-state index is -0.646. The number of allylic oxidation sites excluding steroid dienone is 1. The summed E-state index contributed by atoms with van der Waals surface area (Å²) >= 11 is 0. The normalized spacial score (nSPS) is 11.7. The molecule has 1 heterocycles. The zero-order chi connectivity index (χ0) is 30.8. The van der Waals surface area contributed by atoms with Crippen LogP contribution in [0.4, 0.5) is 20.3 Å². The number of unbranched alkanes of at least 4 members (excludes halogenated alkanes) is 1. The maximum atomic E-state index is 14.6. The summed E-state index contributed by atoms with van der Waals surface area (Å²) in [6.45, 7) is 5.76. The second-order valence-electron chi connectivity index (χ2n) is 10.7. The topological polar surface area (TPSA) is 73.3 Å². The highest BCUT2D eigenvalue weighted by molar-refractivity contribution is 5.93. The molecule has 0 saturated heterocycles. The summed E-state index contributed by atoms with van der Waals surface area (Å²) in [6, 6.07) is 12.7. The Balaban J connectivity index is 1.60. The molecule has 1 unspecified atom stereocenters. The Morgan fingerprint density at radius 1 is 0.977 bits per heavy atom. The second kappa shape index (κ2) is 15.2. The first kappa shape index (κ1) is 31.6. The van der Waals surface area contributed by atoms with E-state index in [0.29, 0.717) is 35.2 Å². The van der Waals surface area contributed by atoms with Gasteiger partial charge in [0.05, 0.1) is 25.4 Å². The molecule has 1 atom stereocenters. The van der Waals surface area contributed by atoms with Gasteiger partial charge in [-0.3, -0.25) is 4.79 Å². The standard InChI is InChI=1S/C35H39F2N3O3/c1-5-9-23(10-7-8-11-27(41)6-2)12-13-25-18-29-31(21-34(25)43-4)38-22-39-35(29)40-32-19-24(14-17-33(32)42-3)28-16-15-26(36)20-30(28)37/h6,14-23H,2,5,7-13H2,1,3-4H3,(H,38,39,40). The Hall–Kier alpha value is -4.33. The van der Waals surface area contributed by atoms with Crippen LogP contribution in [0.1, 0.15) is 57.4 Å². The molecule has 0 spiro atoms. The Morgan fingerprint density at radius 3 is 2.51 bits per heavy atom. The highest BCUT2D eigenvalue weighted by Gasteiger charge is 2.16. The van der Waals surface area contributed by atoms with Crippen molar-refractivity contribution in [2.45, 2.75) is 58.3 Å². The predicted octanol–water partition coefficient (Wildman–Crippen LogP) is 9.00. The van der Waals surface area contributed by atoms with Gasteiger partial charge in [0.2, 0.25) is 0 Å². The van der Waals surface area contributed by atoms with E-state index in [1.54, 1.807) is 32.4 Å². The first-order valence-corrected chi connectivity index (χ1v) is 14.7. The van der Waals surface area contributed by atoms with Crippen LogP contribution in [0.3, 0.4) is 0 Å². The maximum absolute atomic E-state index is 14.6. The minimum Gasteiger partial charge on any atom is -0.496 e. The predicted molar refractivity (Wildman–Crippen MR) is 168 cm³/mol. The van der Waals surface area contributed by atoms with E-state index in [1.807, 2.05) is 6.07 Å². The molecule has 43 heavy (non-hydrogen) atoms. The molecule has 1 aromatic heterocycles. The number of benzene rings is 3. The van der Waals surface area contributed by atoms with Crippen LogP contribution in [-0.2, 0) is 11.2 Å². The van der Waals surface area contributed by atoms with E-state index in [-0.39, 0.29) is 11.3 Å². The SMILES string of the molecule is C=CC(=O)CCCCC(CCC)CCc1cc2c(Nc3cc(-c4ccc(F)cc4F)ccc3OC)ncnc2cc1OC. The summed E-state index contributed by atoms with van der Waals surface area (Å²) in [5.41, 5.74) is 3.21. The van der Waals surface area contributed by atoms with Crippen molar-refractivity contribution in [3.63, 3.8) is 0 Å². The number of methoxy groups -OCH3 is 2. The highest BCUT2D eigenvalue weighted by Crippen LogP contribution is 2.36. The molecule has 0 saturated carbocycles. The second-order valence-corrected chi connectivity index (χ2v) is 10.7. The third-order valence-corrected chi connectivity index (χ3v) is 7.76. The number of carbonyl (C=O) groups excluding carboxylic acids is 1. The molecule has 4 aromatic rings. The van der Waals surface area contributed by atoms with Crippen LogP contribution < -0.4 is 14.8 Å². The number of ether oxygens (including phenoxy) is 2. The van der Waals surface area contributed by atoms with Crippen LogP contribution in [0, 0.1) is 17.6 Å². The fourth-order valence-corrected chi connectivity index (χ4v) is 5.47. The number of hydrogen-bond acceptors (Lipinski definition) is 6. The quantitative estimate of drug-likeness (QED) is 0.104. The lowest BCUT2D eigenvalue weighted by Gasteiger charge is -2.18. The molecule has 0 aliphatic carbocycles. The fourth-order valence-electron chi connectivity index (χ4n) is 5.47. The Bertz CT molecular complexity index is 1570. The van der Waals surface area contributed by atoms with Gasteiger partial charge in [0.1, 0.15) is 35.3 Å². The number of carbonyl (C=O) groups is 1. The van der Waals surface area contributed by atoms with Gasteiger partial charge in [-0.05, 0) is 72.7 Å². The number of fused-ring (bicyclic) bond motifs is 1. The monoisotopic (exact) mass is 587 g/mol. The Morgan fingerprint density at radius 2 is 1.79 bits per heavy atom. The van der Waals surface area contributed by atoms with Crippen LogP contribution >= 0.6 is 0 Å². The number of hydrogen-bond donors (Lipinski definition) is 1. The largest absolute Gasteiger partial charge is 0.496 e. The molecule has 0 amide bonds. The van der Waals surface area contributed by atoms with E-state index in [1.165, 1.54) is 24.5 Å². The third kappa shape index (κ3) is 8.15. The lowest BCUT2D eigenvalue weighted by Crippen LogP contribution is -2.05. The summed E-state index contributed by atoms with van der Waals surface area (Å²) < 4.78 is 39.4. The first-order chi connectivity index (χ1) is 20.9. The van der Waals surface area contributed by atoms with Gasteiger partial charge in [0.15, 0.2) is 5.78 Å². The molecule has 0 fully saturated rings. The number of nitrogens with zero attached hydrogens (tertiary/aromatic N) is 2. The van der Waals surface area contributed by atoms with Gasteiger partial charge in [-0.15, -0.1) is 0 Å². The lowest BCUT2D eigenvalue weighted by molar-refractivity contribution is -0.114. The van der Waals surface area contributed by atoms with Gasteiger partial charge in [-0.2, -0.15) is 0 Å². The molecular formula is C35H39F2N3O3. The molecule has 0 bridgehead atoms. The number of anilines is 2. The molecule has 8 heteroatoms. The van der Waals surface area contributed by atoms with E-state index < -0.39 is 11.6 Å². The zero-order valence-corrected chi connectivity index (χ0v) is 25.1. The van der Waals surface area contributed by atoms with Gasteiger partial charge in [-0.25, -0.2) is 18.7 Å². The highest BCUT2D eigenvalue weighted by atomic mass is 19.1. The molecular weight excluding hydrogens is 548 g/mol. The Kier molecular flexibility index (Phi) is 11.2. The molecule has 1 N–H and O–H groups in total. The minimum absolute atomic E-state index is 0.103. The number of rotatable bonds is 16. The van der Waals surface area contributed by atoms with Crippen molar-refractivity contribution in [2.75, 3.05) is 19.5 Å². The Labute approximate surface area is 252 Å². The molecule has 0 radical (unpaired) electrons. The number of aryl methyl sites for hydroxylation is 1. The van der Waals surface area contributed by atoms with E-state index >= 15 is 0 Å². The molecule has 226 valence electrons. The summed E-state index contributed by atoms with van der Waals surface area (Å²) in [7, 11) is 3.22. The van der Waals surface area contributed by atoms with E-state index in [2.05, 4.69) is 34.9 Å². The van der Waals surface area contributed by atoms with Crippen molar-refractivity contribution in [1.82, 2.24) is 9.97 Å². The number of halogens is 2. The average Bonchev–Trinajstić information content (AvgIpc) is 3.01. The molecule has 0 aliphatic heterocycles. The summed E-state index contributed by atoms with van der Waals surface area (Å²) in [5, 5.41) is 4.17. The number of ketones is 1. The molecule has 6 nitrogen and oxygen atoms in total. The van der Waals surface area contributed by atoms with E-state index in [4.69, 9.17) is 9.47 Å². The number of nitrogens with one attached hydrogen (secondary N) is 1. The van der Waals surface area contributed by atoms with Crippen LogP contribution in [0.5, 0.6) is 11.5 Å². The van der Waals surface area contributed by atoms with Gasteiger partial charge < -0.3 is 14.8 Å². The van der Waals surface area contributed by atoms with Gasteiger partial charge in [0.25, 0.3) is 0 Å². The van der Waals surface area contributed by atoms with Crippen molar-refractivity contribution < 1.29 is 23.0 Å². The molecule has 3 aromatic carbocycles. The summed E-state index contributed by atoms with van der Waals surface area (Å²) in [4.78, 5) is 20.6. The van der Waals surface area contributed by atoms with E-state index in [0.717, 1.165) is 73.2 Å². The molecule has 0 aliphatic rings. The smallest absolute Gasteiger partial charge is 0.155 e. The lowest BCUT2D eigenvalue weighted by atomic mass is 9.90. The number of aromatic nitrogens is 2. The van der Waals surface area contributed by atoms with Crippen LogP contribution in [-0.4, -0.2) is 30.0 Å². The molecule has 4 rings (SSSR count). The van der Waals surface area contributed by atoms with Crippen molar-refractivity contribution in [2.24, 2.45) is 5.92 Å². The van der Waals surface area contributed by atoms with Gasteiger partial charge >= 0.3 is 0 Å². The van der Waals surface area contributed by atoms with Crippen LogP contribution in [0.2, 0.25) is 0 Å². The first-order valence-electron chi connectivity index (χ1n) is 14.7. The van der Waals surface area contributed by atoms with Gasteiger partial charge in [0, 0.05) is 29.5 Å². The maximum Gasteiger partial charge on any atom is 0.155 e. The van der Waals surface area contributed by atoms with Crippen molar-refractivity contribution in [1.29, 1.82) is 0 Å².